The van der Waals surface area contributed by atoms with Crippen molar-refractivity contribution in [3.8, 4) is 0 Å². The number of rotatable bonds is 3. The summed E-state index contributed by atoms with van der Waals surface area (Å²) in [7, 11) is -4.05. The van der Waals surface area contributed by atoms with E-state index in [1.807, 2.05) is 0 Å². The maximum Gasteiger partial charge on any atom is 0.341 e. The minimum atomic E-state index is -4.05. The number of hydrogen-bond donors (Lipinski definition) is 1. The summed E-state index contributed by atoms with van der Waals surface area (Å²) in [6.07, 6.45) is 0.902. The lowest BCUT2D eigenvalue weighted by Crippen LogP contribution is -2.38. The maximum absolute atomic E-state index is 11.7. The van der Waals surface area contributed by atoms with Crippen LogP contribution in [0.25, 0.3) is 0 Å². The molecule has 1 aliphatic rings. The molecule has 0 aliphatic carbocycles. The number of aromatic nitrogens is 1. The van der Waals surface area contributed by atoms with Gasteiger partial charge in [-0.05, 0) is 12.1 Å². The van der Waals surface area contributed by atoms with E-state index in [1.54, 1.807) is 0 Å². The van der Waals surface area contributed by atoms with E-state index in [-0.39, 0.29) is 11.7 Å². The van der Waals surface area contributed by atoms with Gasteiger partial charge in [0.05, 0.1) is 18.8 Å². The number of carbonyl (C=O) groups excluding carboxylic acids is 1. The monoisotopic (exact) mass is 258 g/mol. The first kappa shape index (κ1) is 12.0. The van der Waals surface area contributed by atoms with Crippen LogP contribution in [0.15, 0.2) is 23.4 Å². The van der Waals surface area contributed by atoms with Crippen molar-refractivity contribution in [1.82, 2.24) is 4.98 Å². The first-order valence-electron chi connectivity index (χ1n) is 4.75. The number of carbonyl (C=O) groups is 1. The fourth-order valence-electron chi connectivity index (χ4n) is 1.27. The van der Waals surface area contributed by atoms with Crippen LogP contribution in [0, 0.1) is 0 Å². The minimum absolute atomic E-state index is 0.165. The standard InChI is InChI=1S/C9H10N2O5S/c10-17(13,14)8-7(2-1-3-11-8)9(12)16-6-4-15-5-6/h1-3,6H,4-5H2,(H2,10,13,14). The summed E-state index contributed by atoms with van der Waals surface area (Å²) in [5.41, 5.74) is -0.165. The van der Waals surface area contributed by atoms with Crippen LogP contribution in [0.2, 0.25) is 0 Å². The lowest BCUT2D eigenvalue weighted by molar-refractivity contribution is -0.103. The molecule has 0 saturated carbocycles. The Morgan fingerprint density at radius 2 is 2.24 bits per heavy atom. The van der Waals surface area contributed by atoms with Gasteiger partial charge in [0.15, 0.2) is 5.03 Å². The SMILES string of the molecule is NS(=O)(=O)c1ncccc1C(=O)OC1COC1. The van der Waals surface area contributed by atoms with E-state index in [0.29, 0.717) is 13.2 Å². The summed E-state index contributed by atoms with van der Waals surface area (Å²) in [5.74, 6) is -0.768. The zero-order valence-electron chi connectivity index (χ0n) is 8.70. The van der Waals surface area contributed by atoms with E-state index in [0.717, 1.165) is 0 Å². The van der Waals surface area contributed by atoms with Gasteiger partial charge in [-0.3, -0.25) is 0 Å². The third kappa shape index (κ3) is 2.60. The highest BCUT2D eigenvalue weighted by Gasteiger charge is 2.27. The van der Waals surface area contributed by atoms with Gasteiger partial charge in [-0.2, -0.15) is 0 Å². The third-order valence-corrected chi connectivity index (χ3v) is 3.01. The van der Waals surface area contributed by atoms with E-state index in [2.05, 4.69) is 4.98 Å². The first-order valence-corrected chi connectivity index (χ1v) is 6.29. The molecule has 0 spiro atoms. The summed E-state index contributed by atoms with van der Waals surface area (Å²) in [6, 6.07) is 2.73. The Labute approximate surface area is 97.6 Å². The molecule has 8 heteroatoms. The van der Waals surface area contributed by atoms with Gasteiger partial charge < -0.3 is 9.47 Å². The topological polar surface area (TPSA) is 109 Å². The van der Waals surface area contributed by atoms with Gasteiger partial charge >= 0.3 is 5.97 Å². The van der Waals surface area contributed by atoms with Crippen molar-refractivity contribution < 1.29 is 22.7 Å². The fourth-order valence-corrected chi connectivity index (χ4v) is 1.94. The maximum atomic E-state index is 11.7. The van der Waals surface area contributed by atoms with Gasteiger partial charge in [-0.1, -0.05) is 0 Å². The summed E-state index contributed by atoms with van der Waals surface area (Å²) in [5, 5.41) is 4.47. The molecule has 7 nitrogen and oxygen atoms in total. The van der Waals surface area contributed by atoms with Crippen LogP contribution in [-0.4, -0.2) is 38.7 Å². The van der Waals surface area contributed by atoms with Gasteiger partial charge in [0.2, 0.25) is 0 Å². The summed E-state index contributed by atoms with van der Waals surface area (Å²) < 4.78 is 32.2. The van der Waals surface area contributed by atoms with Gasteiger partial charge in [0, 0.05) is 6.20 Å². The number of nitrogens with two attached hydrogens (primary N) is 1. The van der Waals surface area contributed by atoms with Crippen LogP contribution in [0.3, 0.4) is 0 Å². The largest absolute Gasteiger partial charge is 0.454 e. The van der Waals surface area contributed by atoms with Crippen molar-refractivity contribution in [2.24, 2.45) is 5.14 Å². The molecule has 2 heterocycles. The Morgan fingerprint density at radius 3 is 2.76 bits per heavy atom. The zero-order valence-corrected chi connectivity index (χ0v) is 9.51. The van der Waals surface area contributed by atoms with E-state index >= 15 is 0 Å². The van der Waals surface area contributed by atoms with E-state index < -0.39 is 21.0 Å². The first-order chi connectivity index (χ1) is 7.98. The Morgan fingerprint density at radius 1 is 1.53 bits per heavy atom. The van der Waals surface area contributed by atoms with Crippen molar-refractivity contribution >= 4 is 16.0 Å². The second kappa shape index (κ2) is 4.40. The molecule has 0 radical (unpaired) electrons. The zero-order chi connectivity index (χ0) is 12.5. The van der Waals surface area contributed by atoms with Crippen molar-refractivity contribution in [2.45, 2.75) is 11.1 Å². The summed E-state index contributed by atoms with van der Waals surface area (Å²) >= 11 is 0. The summed E-state index contributed by atoms with van der Waals surface area (Å²) in [4.78, 5) is 15.3. The third-order valence-electron chi connectivity index (χ3n) is 2.14. The Hall–Kier alpha value is -1.51. The molecule has 0 amide bonds. The Balaban J connectivity index is 2.28. The average molecular weight is 258 g/mol. The fraction of sp³-hybridized carbons (Fsp3) is 0.333. The van der Waals surface area contributed by atoms with Crippen molar-refractivity contribution in [3.05, 3.63) is 23.9 Å². The number of primary sulfonamides is 1. The van der Waals surface area contributed by atoms with Crippen LogP contribution in [0.4, 0.5) is 0 Å². The van der Waals surface area contributed by atoms with Gasteiger partial charge in [0.1, 0.15) is 6.10 Å². The molecule has 0 atom stereocenters. The molecule has 92 valence electrons. The molecule has 1 aromatic heterocycles. The number of esters is 1. The van der Waals surface area contributed by atoms with Gasteiger partial charge in [-0.15, -0.1) is 0 Å². The molecule has 1 saturated heterocycles. The lowest BCUT2D eigenvalue weighted by Gasteiger charge is -2.25. The second-order valence-corrected chi connectivity index (χ2v) is 4.94. The number of sulfonamides is 1. The molecule has 1 aromatic rings. The lowest BCUT2D eigenvalue weighted by atomic mass is 10.3. The number of pyridine rings is 1. The van der Waals surface area contributed by atoms with Crippen LogP contribution in [0.1, 0.15) is 10.4 Å². The molecule has 1 fully saturated rings. The predicted molar refractivity (Wildman–Crippen MR) is 55.6 cm³/mol. The van der Waals surface area contributed by atoms with Crippen LogP contribution in [0.5, 0.6) is 0 Å². The number of ether oxygens (including phenoxy) is 2. The quantitative estimate of drug-likeness (QED) is 0.717. The second-order valence-electron chi connectivity index (χ2n) is 3.47. The normalized spacial score (nSPS) is 16.3. The average Bonchev–Trinajstić information content (AvgIpc) is 2.22. The predicted octanol–water partition coefficient (Wildman–Crippen LogP) is -0.715. The molecule has 17 heavy (non-hydrogen) atoms. The highest BCUT2D eigenvalue weighted by molar-refractivity contribution is 7.89. The molecule has 0 bridgehead atoms. The van der Waals surface area contributed by atoms with E-state index in [9.17, 15) is 13.2 Å². The molecule has 1 aliphatic heterocycles. The Kier molecular flexibility index (Phi) is 3.09. The smallest absolute Gasteiger partial charge is 0.341 e. The number of nitrogens with zero attached hydrogens (tertiary/aromatic N) is 1. The highest BCUT2D eigenvalue weighted by Crippen LogP contribution is 2.15. The van der Waals surface area contributed by atoms with E-state index in [4.69, 9.17) is 14.6 Å². The molecule has 2 N–H and O–H groups in total. The Bertz CT molecular complexity index is 538. The van der Waals surface area contributed by atoms with Gasteiger partial charge in [-0.25, -0.2) is 23.3 Å². The molecule has 0 unspecified atom stereocenters. The molecular weight excluding hydrogens is 248 g/mol. The van der Waals surface area contributed by atoms with Crippen LogP contribution in [-0.2, 0) is 19.5 Å². The minimum Gasteiger partial charge on any atom is -0.454 e. The molecular formula is C9H10N2O5S. The van der Waals surface area contributed by atoms with Crippen molar-refractivity contribution in [1.29, 1.82) is 0 Å². The van der Waals surface area contributed by atoms with Crippen LogP contribution < -0.4 is 5.14 Å². The van der Waals surface area contributed by atoms with Crippen molar-refractivity contribution in [2.75, 3.05) is 13.2 Å². The highest BCUT2D eigenvalue weighted by atomic mass is 32.2. The number of hydrogen-bond acceptors (Lipinski definition) is 6. The van der Waals surface area contributed by atoms with Gasteiger partial charge in [0.25, 0.3) is 10.0 Å². The van der Waals surface area contributed by atoms with Crippen LogP contribution >= 0.6 is 0 Å². The van der Waals surface area contributed by atoms with Crippen molar-refractivity contribution in [3.63, 3.8) is 0 Å². The summed E-state index contributed by atoms with van der Waals surface area (Å²) in [6.45, 7) is 0.632. The molecule has 2 rings (SSSR count). The molecule has 0 aromatic carbocycles. The van der Waals surface area contributed by atoms with E-state index in [1.165, 1.54) is 18.3 Å².